The molecule has 0 N–H and O–H groups in total. The fraction of sp³-hybridized carbons (Fsp3) is 0.250. The van der Waals surface area contributed by atoms with E-state index in [4.69, 9.17) is 11.6 Å². The van der Waals surface area contributed by atoms with Crippen LogP contribution in [0.15, 0.2) is 17.1 Å². The van der Waals surface area contributed by atoms with Gasteiger partial charge in [-0.15, -0.1) is 16.6 Å². The first-order chi connectivity index (χ1) is 5.77. The summed E-state index contributed by atoms with van der Waals surface area (Å²) in [5, 5.41) is 0. The molecule has 0 unspecified atom stereocenters. The molecule has 0 spiro atoms. The van der Waals surface area contributed by atoms with E-state index < -0.39 is 0 Å². The lowest BCUT2D eigenvalue weighted by Crippen LogP contribution is -1.88. The maximum absolute atomic E-state index is 9.88. The SMILES string of the molecule is Cc1nc(N=C=O)ccc1CCl. The molecule has 1 heterocycles. The van der Waals surface area contributed by atoms with E-state index in [1.165, 1.54) is 6.08 Å². The van der Waals surface area contributed by atoms with E-state index in [1.54, 1.807) is 12.1 Å². The van der Waals surface area contributed by atoms with E-state index in [-0.39, 0.29) is 0 Å². The van der Waals surface area contributed by atoms with Gasteiger partial charge in [-0.3, -0.25) is 0 Å². The number of nitrogens with zero attached hydrogens (tertiary/aromatic N) is 2. The molecule has 0 amide bonds. The standard InChI is InChI=1S/C8H7ClN2O/c1-6-7(4-9)2-3-8(11-6)10-5-12/h2-3H,4H2,1H3. The highest BCUT2D eigenvalue weighted by Crippen LogP contribution is 2.13. The maximum Gasteiger partial charge on any atom is 0.242 e. The van der Waals surface area contributed by atoms with Gasteiger partial charge in [-0.1, -0.05) is 6.07 Å². The summed E-state index contributed by atoms with van der Waals surface area (Å²) < 4.78 is 0. The van der Waals surface area contributed by atoms with Crippen molar-refractivity contribution in [2.75, 3.05) is 0 Å². The lowest BCUT2D eigenvalue weighted by molar-refractivity contribution is 0.565. The second-order valence-corrected chi connectivity index (χ2v) is 2.52. The summed E-state index contributed by atoms with van der Waals surface area (Å²) in [5.74, 6) is 0.792. The van der Waals surface area contributed by atoms with Crippen LogP contribution in [0.4, 0.5) is 5.82 Å². The van der Waals surface area contributed by atoms with Crippen molar-refractivity contribution in [3.63, 3.8) is 0 Å². The molecular weight excluding hydrogens is 176 g/mol. The van der Waals surface area contributed by atoms with Crippen molar-refractivity contribution < 1.29 is 4.79 Å². The van der Waals surface area contributed by atoms with Crippen LogP contribution in [0.5, 0.6) is 0 Å². The predicted molar refractivity (Wildman–Crippen MR) is 46.3 cm³/mol. The highest BCUT2D eigenvalue weighted by molar-refractivity contribution is 6.17. The minimum Gasteiger partial charge on any atom is -0.233 e. The van der Waals surface area contributed by atoms with Gasteiger partial charge < -0.3 is 0 Å². The normalized spacial score (nSPS) is 9.17. The largest absolute Gasteiger partial charge is 0.242 e. The minimum atomic E-state index is 0.372. The van der Waals surface area contributed by atoms with Crippen molar-refractivity contribution in [1.29, 1.82) is 0 Å². The molecule has 4 heteroatoms. The van der Waals surface area contributed by atoms with Gasteiger partial charge in [0.25, 0.3) is 0 Å². The minimum absolute atomic E-state index is 0.372. The Bertz CT molecular complexity index is 332. The van der Waals surface area contributed by atoms with Crippen molar-refractivity contribution in [2.24, 2.45) is 4.99 Å². The van der Waals surface area contributed by atoms with E-state index in [1.807, 2.05) is 6.92 Å². The molecule has 1 aromatic rings. The van der Waals surface area contributed by atoms with Crippen molar-refractivity contribution in [1.82, 2.24) is 4.98 Å². The van der Waals surface area contributed by atoms with Gasteiger partial charge in [0.05, 0.1) is 0 Å². The molecule has 0 saturated heterocycles. The Kier molecular flexibility index (Phi) is 2.97. The Morgan fingerprint density at radius 1 is 1.67 bits per heavy atom. The molecule has 1 rings (SSSR count). The van der Waals surface area contributed by atoms with Gasteiger partial charge >= 0.3 is 0 Å². The molecule has 0 aliphatic rings. The number of aliphatic imine (C=N–C) groups is 1. The highest BCUT2D eigenvalue weighted by Gasteiger charge is 1.98. The number of isocyanates is 1. The van der Waals surface area contributed by atoms with E-state index >= 15 is 0 Å². The average Bonchev–Trinajstić information content (AvgIpc) is 2.05. The van der Waals surface area contributed by atoms with Gasteiger partial charge in [0.2, 0.25) is 6.08 Å². The van der Waals surface area contributed by atoms with Gasteiger partial charge in [-0.05, 0) is 18.6 Å². The van der Waals surface area contributed by atoms with Crippen molar-refractivity contribution in [3.05, 3.63) is 23.4 Å². The summed E-state index contributed by atoms with van der Waals surface area (Å²) in [6, 6.07) is 3.43. The zero-order valence-electron chi connectivity index (χ0n) is 6.54. The van der Waals surface area contributed by atoms with Crippen LogP contribution in [0.3, 0.4) is 0 Å². The lowest BCUT2D eigenvalue weighted by atomic mass is 10.2. The predicted octanol–water partition coefficient (Wildman–Crippen LogP) is 2.10. The first kappa shape index (κ1) is 8.91. The third-order valence-corrected chi connectivity index (χ3v) is 1.77. The molecule has 0 aliphatic heterocycles. The number of aromatic nitrogens is 1. The summed E-state index contributed by atoms with van der Waals surface area (Å²) in [4.78, 5) is 17.3. The number of carbonyl (C=O) groups excluding carboxylic acids is 1. The Morgan fingerprint density at radius 3 is 2.92 bits per heavy atom. The molecule has 0 atom stereocenters. The van der Waals surface area contributed by atoms with Gasteiger partial charge in [0, 0.05) is 11.6 Å². The number of pyridine rings is 1. The highest BCUT2D eigenvalue weighted by atomic mass is 35.5. The Balaban J connectivity index is 3.09. The van der Waals surface area contributed by atoms with Gasteiger partial charge in [0.1, 0.15) is 0 Å². The molecule has 3 nitrogen and oxygen atoms in total. The number of alkyl halides is 1. The van der Waals surface area contributed by atoms with Crippen LogP contribution in [0.25, 0.3) is 0 Å². The smallest absolute Gasteiger partial charge is 0.233 e. The molecule has 0 fully saturated rings. The summed E-state index contributed by atoms with van der Waals surface area (Å²) >= 11 is 5.61. The molecular formula is C8H7ClN2O. The zero-order valence-corrected chi connectivity index (χ0v) is 7.30. The molecule has 12 heavy (non-hydrogen) atoms. The van der Waals surface area contributed by atoms with Crippen molar-refractivity contribution in [2.45, 2.75) is 12.8 Å². The van der Waals surface area contributed by atoms with Gasteiger partial charge in [0.15, 0.2) is 5.82 Å². The summed E-state index contributed by atoms with van der Waals surface area (Å²) in [6.07, 6.45) is 1.43. The van der Waals surface area contributed by atoms with Crippen LogP contribution in [0.2, 0.25) is 0 Å². The molecule has 1 aromatic heterocycles. The summed E-state index contributed by atoms with van der Waals surface area (Å²) in [5.41, 5.74) is 1.74. The second-order valence-electron chi connectivity index (χ2n) is 2.25. The molecule has 0 aromatic carbocycles. The summed E-state index contributed by atoms with van der Waals surface area (Å²) in [7, 11) is 0. The van der Waals surface area contributed by atoms with Gasteiger partial charge in [-0.2, -0.15) is 0 Å². The first-order valence-electron chi connectivity index (χ1n) is 3.38. The number of hydrogen-bond donors (Lipinski definition) is 0. The molecule has 0 aliphatic carbocycles. The quantitative estimate of drug-likeness (QED) is 0.399. The number of hydrogen-bond acceptors (Lipinski definition) is 3. The van der Waals surface area contributed by atoms with Crippen molar-refractivity contribution in [3.8, 4) is 0 Å². The third-order valence-electron chi connectivity index (χ3n) is 1.48. The van der Waals surface area contributed by atoms with Crippen LogP contribution in [-0.2, 0) is 10.7 Å². The number of aryl methyl sites for hydroxylation is 1. The molecule has 0 bridgehead atoms. The molecule has 0 saturated carbocycles. The molecule has 62 valence electrons. The Labute approximate surface area is 75.1 Å². The second kappa shape index (κ2) is 4.00. The first-order valence-corrected chi connectivity index (χ1v) is 3.91. The molecule has 0 radical (unpaired) electrons. The van der Waals surface area contributed by atoms with Crippen molar-refractivity contribution >= 4 is 23.5 Å². The van der Waals surface area contributed by atoms with E-state index in [0.29, 0.717) is 11.7 Å². The average molecular weight is 183 g/mol. The maximum atomic E-state index is 9.88. The van der Waals surface area contributed by atoms with E-state index in [0.717, 1.165) is 11.3 Å². The van der Waals surface area contributed by atoms with Crippen LogP contribution >= 0.6 is 11.6 Å². The monoisotopic (exact) mass is 182 g/mol. The number of rotatable bonds is 2. The number of halogens is 1. The van der Waals surface area contributed by atoms with Crippen LogP contribution in [-0.4, -0.2) is 11.1 Å². The fourth-order valence-corrected chi connectivity index (χ4v) is 1.11. The Hall–Kier alpha value is -1.18. The fourth-order valence-electron chi connectivity index (χ4n) is 0.827. The van der Waals surface area contributed by atoms with Crippen LogP contribution in [0, 0.1) is 6.92 Å². The lowest BCUT2D eigenvalue weighted by Gasteiger charge is -1.99. The van der Waals surface area contributed by atoms with Crippen LogP contribution < -0.4 is 0 Å². The van der Waals surface area contributed by atoms with E-state index in [2.05, 4.69) is 9.98 Å². The van der Waals surface area contributed by atoms with E-state index in [9.17, 15) is 4.79 Å². The van der Waals surface area contributed by atoms with Crippen LogP contribution in [0.1, 0.15) is 11.3 Å². The zero-order chi connectivity index (χ0) is 8.97. The summed E-state index contributed by atoms with van der Waals surface area (Å²) in [6.45, 7) is 1.82. The van der Waals surface area contributed by atoms with Gasteiger partial charge in [-0.25, -0.2) is 9.78 Å². The third kappa shape index (κ3) is 1.91. The Morgan fingerprint density at radius 2 is 2.42 bits per heavy atom. The topological polar surface area (TPSA) is 42.3 Å².